The van der Waals surface area contributed by atoms with Crippen LogP contribution in [0.25, 0.3) is 0 Å². The van der Waals surface area contributed by atoms with Crippen molar-refractivity contribution >= 4 is 0 Å². The molecule has 138 valence electrons. The van der Waals surface area contributed by atoms with Crippen LogP contribution in [0.4, 0.5) is 4.39 Å². The summed E-state index contributed by atoms with van der Waals surface area (Å²) in [4.78, 5) is 10.7. The van der Waals surface area contributed by atoms with Crippen LogP contribution in [0.5, 0.6) is 5.88 Å². The third-order valence-corrected chi connectivity index (χ3v) is 5.42. The maximum absolute atomic E-state index is 13.9. The van der Waals surface area contributed by atoms with Gasteiger partial charge in [-0.2, -0.15) is 0 Å². The monoisotopic (exact) mass is 357 g/mol. The predicted molar refractivity (Wildman–Crippen MR) is 95.2 cm³/mol. The van der Waals surface area contributed by atoms with Gasteiger partial charge in [-0.05, 0) is 43.0 Å². The number of piperidine rings is 1. The number of hydrogen-bond acceptors (Lipinski definition) is 5. The predicted octanol–water partition coefficient (Wildman–Crippen LogP) is 3.07. The van der Waals surface area contributed by atoms with Gasteiger partial charge < -0.3 is 9.47 Å². The fraction of sp³-hybridized carbons (Fsp3) is 0.500. The first-order valence-corrected chi connectivity index (χ1v) is 9.21. The highest BCUT2D eigenvalue weighted by Gasteiger charge is 2.46. The van der Waals surface area contributed by atoms with E-state index in [0.29, 0.717) is 6.61 Å². The van der Waals surface area contributed by atoms with Crippen molar-refractivity contribution in [3.63, 3.8) is 0 Å². The van der Waals surface area contributed by atoms with Gasteiger partial charge in [0.1, 0.15) is 0 Å². The Morgan fingerprint density at radius 2 is 2.23 bits per heavy atom. The minimum atomic E-state index is -0.416. The molecule has 0 amide bonds. The van der Waals surface area contributed by atoms with E-state index in [4.69, 9.17) is 9.47 Å². The Morgan fingerprint density at radius 3 is 3.08 bits per heavy atom. The summed E-state index contributed by atoms with van der Waals surface area (Å²) in [6.45, 7) is 3.95. The Bertz CT molecular complexity index is 730. The maximum atomic E-state index is 13.9. The molecule has 2 fully saturated rings. The van der Waals surface area contributed by atoms with E-state index in [1.165, 1.54) is 11.6 Å². The number of halogens is 1. The fourth-order valence-electron chi connectivity index (χ4n) is 4.17. The Hall–Kier alpha value is -2.05. The lowest BCUT2D eigenvalue weighted by Gasteiger charge is -2.50. The van der Waals surface area contributed by atoms with E-state index in [-0.39, 0.29) is 17.4 Å². The van der Waals surface area contributed by atoms with E-state index in [0.717, 1.165) is 45.5 Å². The summed E-state index contributed by atoms with van der Waals surface area (Å²) in [7, 11) is 0. The fourth-order valence-corrected chi connectivity index (χ4v) is 4.17. The first-order chi connectivity index (χ1) is 12.8. The zero-order valence-corrected chi connectivity index (χ0v) is 14.8. The van der Waals surface area contributed by atoms with Crippen LogP contribution < -0.4 is 4.74 Å². The lowest BCUT2D eigenvalue weighted by molar-refractivity contribution is -0.141. The average molecular weight is 357 g/mol. The highest BCUT2D eigenvalue weighted by molar-refractivity contribution is 5.14. The van der Waals surface area contributed by atoms with Gasteiger partial charge in [0.25, 0.3) is 0 Å². The normalized spacial score (nSPS) is 26.3. The summed E-state index contributed by atoms with van der Waals surface area (Å²) in [5.41, 5.74) is 1.08. The molecule has 4 heterocycles. The zero-order valence-electron chi connectivity index (χ0n) is 14.8. The van der Waals surface area contributed by atoms with E-state index in [9.17, 15) is 4.39 Å². The molecule has 0 saturated carbocycles. The van der Waals surface area contributed by atoms with Crippen LogP contribution in [-0.4, -0.2) is 47.3 Å². The minimum absolute atomic E-state index is 0.0792. The highest BCUT2D eigenvalue weighted by Crippen LogP contribution is 2.41. The molecule has 0 radical (unpaired) electrons. The Labute approximate surface area is 153 Å². The molecule has 0 unspecified atom stereocenters. The number of nitrogens with zero attached hydrogens (tertiary/aromatic N) is 3. The summed E-state index contributed by atoms with van der Waals surface area (Å²) >= 11 is 0. The molecule has 0 bridgehead atoms. The Kier molecular flexibility index (Phi) is 5.13. The summed E-state index contributed by atoms with van der Waals surface area (Å²) in [6, 6.07) is 7.02. The highest BCUT2D eigenvalue weighted by atomic mass is 19.1. The Morgan fingerprint density at radius 1 is 1.31 bits per heavy atom. The molecule has 4 rings (SSSR count). The number of pyridine rings is 2. The second-order valence-corrected chi connectivity index (χ2v) is 7.27. The van der Waals surface area contributed by atoms with Gasteiger partial charge in [-0.3, -0.25) is 9.88 Å². The van der Waals surface area contributed by atoms with Crippen LogP contribution in [-0.2, 0) is 11.3 Å². The first-order valence-electron chi connectivity index (χ1n) is 9.21. The molecule has 0 aromatic carbocycles. The molecule has 2 saturated heterocycles. The van der Waals surface area contributed by atoms with Gasteiger partial charge in [-0.1, -0.05) is 6.07 Å². The van der Waals surface area contributed by atoms with Crippen molar-refractivity contribution in [2.24, 2.45) is 5.41 Å². The summed E-state index contributed by atoms with van der Waals surface area (Å²) in [5.74, 6) is -0.337. The van der Waals surface area contributed by atoms with Crippen LogP contribution in [0.2, 0.25) is 0 Å². The van der Waals surface area contributed by atoms with E-state index in [2.05, 4.69) is 20.9 Å². The van der Waals surface area contributed by atoms with Crippen molar-refractivity contribution in [3.8, 4) is 5.88 Å². The number of ether oxygens (including phenoxy) is 2. The van der Waals surface area contributed by atoms with Gasteiger partial charge in [-0.15, -0.1) is 0 Å². The SMILES string of the molecule is Fc1cccnc1OC[C@@]12CCCO[C@H]1CCN(Cc1cccnc1)C2. The summed E-state index contributed by atoms with van der Waals surface area (Å²) < 4.78 is 25.8. The van der Waals surface area contributed by atoms with Gasteiger partial charge in [0.2, 0.25) is 5.88 Å². The number of hydrogen-bond donors (Lipinski definition) is 0. The third kappa shape index (κ3) is 3.71. The second-order valence-electron chi connectivity index (χ2n) is 7.27. The van der Waals surface area contributed by atoms with E-state index >= 15 is 0 Å². The third-order valence-electron chi connectivity index (χ3n) is 5.42. The van der Waals surface area contributed by atoms with Crippen LogP contribution in [0.15, 0.2) is 42.9 Å². The van der Waals surface area contributed by atoms with Crippen molar-refractivity contribution < 1.29 is 13.9 Å². The standard InChI is InChI=1S/C20H24FN3O2/c21-17-5-2-9-23-19(17)26-15-20-7-3-11-25-18(20)6-10-24(14-20)13-16-4-1-8-22-12-16/h1-2,4-5,8-9,12,18H,3,6-7,10-11,13-15H2/t18-,20-/m0/s1. The van der Waals surface area contributed by atoms with Gasteiger partial charge >= 0.3 is 0 Å². The summed E-state index contributed by atoms with van der Waals surface area (Å²) in [6.07, 6.45) is 8.42. The molecule has 2 aliphatic rings. The topological polar surface area (TPSA) is 47.5 Å². The van der Waals surface area contributed by atoms with Gasteiger partial charge in [0.05, 0.1) is 12.7 Å². The average Bonchev–Trinajstić information content (AvgIpc) is 2.68. The van der Waals surface area contributed by atoms with Crippen LogP contribution >= 0.6 is 0 Å². The smallest absolute Gasteiger partial charge is 0.250 e. The van der Waals surface area contributed by atoms with Gasteiger partial charge in [0, 0.05) is 50.2 Å². The quantitative estimate of drug-likeness (QED) is 0.823. The summed E-state index contributed by atoms with van der Waals surface area (Å²) in [5, 5.41) is 0. The van der Waals surface area contributed by atoms with Crippen LogP contribution in [0, 0.1) is 11.2 Å². The molecule has 6 heteroatoms. The molecule has 2 atom stereocenters. The molecule has 5 nitrogen and oxygen atoms in total. The molecule has 26 heavy (non-hydrogen) atoms. The Balaban J connectivity index is 1.48. The molecular weight excluding hydrogens is 333 g/mol. The van der Waals surface area contributed by atoms with Gasteiger partial charge in [-0.25, -0.2) is 9.37 Å². The van der Waals surface area contributed by atoms with Crippen LogP contribution in [0.3, 0.4) is 0 Å². The molecule has 2 aromatic rings. The maximum Gasteiger partial charge on any atom is 0.250 e. The molecular formula is C20H24FN3O2. The minimum Gasteiger partial charge on any atom is -0.475 e. The number of aromatic nitrogens is 2. The lowest BCUT2D eigenvalue weighted by Crippen LogP contribution is -2.57. The molecule has 2 aliphatic heterocycles. The van der Waals surface area contributed by atoms with E-state index in [1.54, 1.807) is 18.5 Å². The second kappa shape index (κ2) is 7.68. The van der Waals surface area contributed by atoms with Crippen molar-refractivity contribution in [3.05, 3.63) is 54.2 Å². The number of fused-ring (bicyclic) bond motifs is 1. The van der Waals surface area contributed by atoms with Crippen LogP contribution in [0.1, 0.15) is 24.8 Å². The van der Waals surface area contributed by atoms with Crippen molar-refractivity contribution in [2.75, 3.05) is 26.3 Å². The van der Waals surface area contributed by atoms with Gasteiger partial charge in [0.15, 0.2) is 5.82 Å². The molecule has 0 spiro atoms. The first kappa shape index (κ1) is 17.4. The lowest BCUT2D eigenvalue weighted by atomic mass is 9.73. The van der Waals surface area contributed by atoms with Crippen molar-refractivity contribution in [1.29, 1.82) is 0 Å². The number of rotatable bonds is 5. The molecule has 2 aromatic heterocycles. The molecule has 0 aliphatic carbocycles. The number of likely N-dealkylation sites (tertiary alicyclic amines) is 1. The van der Waals surface area contributed by atoms with Crippen molar-refractivity contribution in [2.45, 2.75) is 31.9 Å². The van der Waals surface area contributed by atoms with E-state index in [1.807, 2.05) is 12.3 Å². The zero-order chi connectivity index (χ0) is 17.8. The largest absolute Gasteiger partial charge is 0.475 e. The van der Waals surface area contributed by atoms with E-state index < -0.39 is 5.82 Å². The molecule has 0 N–H and O–H groups in total. The van der Waals surface area contributed by atoms with Crippen molar-refractivity contribution in [1.82, 2.24) is 14.9 Å².